The van der Waals surface area contributed by atoms with Crippen molar-refractivity contribution in [1.29, 1.82) is 0 Å². The van der Waals surface area contributed by atoms with E-state index < -0.39 is 6.04 Å². The van der Waals surface area contributed by atoms with Crippen molar-refractivity contribution in [3.05, 3.63) is 42.5 Å². The van der Waals surface area contributed by atoms with E-state index in [0.29, 0.717) is 12.3 Å². The lowest BCUT2D eigenvalue weighted by molar-refractivity contribution is -0.117. The summed E-state index contributed by atoms with van der Waals surface area (Å²) in [6.45, 7) is 3.91. The van der Waals surface area contributed by atoms with Crippen LogP contribution >= 0.6 is 11.8 Å². The van der Waals surface area contributed by atoms with Gasteiger partial charge in [0.15, 0.2) is 5.78 Å². The molecule has 1 amide bonds. The molecule has 1 aliphatic rings. The number of carbonyl (C=O) groups is 2. The summed E-state index contributed by atoms with van der Waals surface area (Å²) < 4.78 is 5.08. The number of methoxy groups -OCH3 is 1. The number of nitrogens with zero attached hydrogens (tertiary/aromatic N) is 1. The summed E-state index contributed by atoms with van der Waals surface area (Å²) in [4.78, 5) is 25.1. The Morgan fingerprint density at radius 1 is 1.53 bits per heavy atom. The van der Waals surface area contributed by atoms with Gasteiger partial charge in [0.25, 0.3) is 5.24 Å². The number of benzene rings is 1. The molecule has 1 atom stereocenters. The summed E-state index contributed by atoms with van der Waals surface area (Å²) >= 11 is 1.18. The SMILES string of the molecule is C=CC(=O)C1CSC(=O)N1Cc1ccc(OC)cc1. The molecule has 1 unspecified atom stereocenters. The molecule has 0 aliphatic carbocycles. The summed E-state index contributed by atoms with van der Waals surface area (Å²) in [5, 5.41) is -0.0592. The van der Waals surface area contributed by atoms with Crippen molar-refractivity contribution in [3.63, 3.8) is 0 Å². The van der Waals surface area contributed by atoms with Crippen LogP contribution in [0.2, 0.25) is 0 Å². The Morgan fingerprint density at radius 2 is 2.21 bits per heavy atom. The lowest BCUT2D eigenvalue weighted by Gasteiger charge is -2.21. The van der Waals surface area contributed by atoms with Crippen molar-refractivity contribution in [3.8, 4) is 5.75 Å². The fourth-order valence-corrected chi connectivity index (χ4v) is 2.93. The molecule has 0 radical (unpaired) electrons. The van der Waals surface area contributed by atoms with E-state index in [9.17, 15) is 9.59 Å². The quantitative estimate of drug-likeness (QED) is 0.776. The zero-order valence-corrected chi connectivity index (χ0v) is 11.5. The highest BCUT2D eigenvalue weighted by Crippen LogP contribution is 2.27. The molecule has 2 rings (SSSR count). The first kappa shape index (κ1) is 13.7. The van der Waals surface area contributed by atoms with Crippen LogP contribution in [0, 0.1) is 0 Å². The summed E-state index contributed by atoms with van der Waals surface area (Å²) in [6, 6.07) is 7.08. The molecule has 1 saturated heterocycles. The van der Waals surface area contributed by atoms with Gasteiger partial charge in [-0.15, -0.1) is 0 Å². The molecule has 1 heterocycles. The van der Waals surface area contributed by atoms with E-state index in [1.165, 1.54) is 17.8 Å². The Labute approximate surface area is 116 Å². The first-order chi connectivity index (χ1) is 9.15. The number of amides is 1. The van der Waals surface area contributed by atoms with Crippen LogP contribution in [0.3, 0.4) is 0 Å². The van der Waals surface area contributed by atoms with E-state index >= 15 is 0 Å². The Bertz CT molecular complexity index is 498. The third kappa shape index (κ3) is 2.98. The number of thioether (sulfide) groups is 1. The maximum absolute atomic E-state index is 11.8. The minimum atomic E-state index is -0.392. The molecule has 0 spiro atoms. The smallest absolute Gasteiger partial charge is 0.282 e. The van der Waals surface area contributed by atoms with Crippen LogP contribution in [0.4, 0.5) is 4.79 Å². The van der Waals surface area contributed by atoms with Gasteiger partial charge in [0.1, 0.15) is 11.8 Å². The Morgan fingerprint density at radius 3 is 2.79 bits per heavy atom. The van der Waals surface area contributed by atoms with Crippen LogP contribution in [-0.4, -0.2) is 34.8 Å². The fraction of sp³-hybridized carbons (Fsp3) is 0.286. The molecule has 0 aromatic heterocycles. The average Bonchev–Trinajstić information content (AvgIpc) is 2.80. The van der Waals surface area contributed by atoms with Crippen LogP contribution in [0.25, 0.3) is 0 Å². The van der Waals surface area contributed by atoms with Gasteiger partial charge in [-0.1, -0.05) is 30.5 Å². The highest BCUT2D eigenvalue weighted by atomic mass is 32.2. The molecule has 1 fully saturated rings. The highest BCUT2D eigenvalue weighted by Gasteiger charge is 2.35. The van der Waals surface area contributed by atoms with Crippen molar-refractivity contribution in [2.24, 2.45) is 0 Å². The van der Waals surface area contributed by atoms with Crippen molar-refractivity contribution >= 4 is 22.8 Å². The van der Waals surface area contributed by atoms with E-state index in [2.05, 4.69) is 6.58 Å². The topological polar surface area (TPSA) is 46.6 Å². The maximum Gasteiger partial charge on any atom is 0.282 e. The van der Waals surface area contributed by atoms with Crippen LogP contribution < -0.4 is 4.74 Å². The number of hydrogen-bond acceptors (Lipinski definition) is 4. The van der Waals surface area contributed by atoms with Gasteiger partial charge in [-0.25, -0.2) is 0 Å². The molecule has 1 aromatic carbocycles. The number of carbonyl (C=O) groups excluding carboxylic acids is 2. The number of rotatable bonds is 5. The van der Waals surface area contributed by atoms with Crippen LogP contribution in [0.15, 0.2) is 36.9 Å². The highest BCUT2D eigenvalue weighted by molar-refractivity contribution is 8.13. The second-order valence-corrected chi connectivity index (χ2v) is 5.15. The molecule has 19 heavy (non-hydrogen) atoms. The Kier molecular flexibility index (Phi) is 4.27. The molecular formula is C14H15NO3S. The van der Waals surface area contributed by atoms with Gasteiger partial charge in [-0.05, 0) is 23.8 Å². The van der Waals surface area contributed by atoms with Crippen molar-refractivity contribution in [2.75, 3.05) is 12.9 Å². The number of hydrogen-bond donors (Lipinski definition) is 0. The normalized spacial score (nSPS) is 18.5. The van der Waals surface area contributed by atoms with Crippen molar-refractivity contribution in [2.45, 2.75) is 12.6 Å². The minimum absolute atomic E-state index is 0.0592. The second-order valence-electron chi connectivity index (χ2n) is 4.18. The monoisotopic (exact) mass is 277 g/mol. The van der Waals surface area contributed by atoms with Crippen molar-refractivity contribution in [1.82, 2.24) is 4.90 Å². The second kappa shape index (κ2) is 5.93. The molecule has 4 nitrogen and oxygen atoms in total. The first-order valence-electron chi connectivity index (χ1n) is 5.88. The van der Waals surface area contributed by atoms with E-state index in [1.807, 2.05) is 24.3 Å². The molecule has 0 saturated carbocycles. The number of ketones is 1. The summed E-state index contributed by atoms with van der Waals surface area (Å²) in [5.41, 5.74) is 0.971. The van der Waals surface area contributed by atoms with Crippen LogP contribution in [-0.2, 0) is 11.3 Å². The minimum Gasteiger partial charge on any atom is -0.497 e. The number of ether oxygens (including phenoxy) is 1. The zero-order chi connectivity index (χ0) is 13.8. The maximum atomic E-state index is 11.8. The average molecular weight is 277 g/mol. The standard InChI is InChI=1S/C14H15NO3S/c1-3-13(16)12-9-19-14(17)15(12)8-10-4-6-11(18-2)7-5-10/h3-7,12H,1,8-9H2,2H3. The summed E-state index contributed by atoms with van der Waals surface area (Å²) in [5.74, 6) is 1.16. The zero-order valence-electron chi connectivity index (χ0n) is 10.7. The molecule has 0 N–H and O–H groups in total. The summed E-state index contributed by atoms with van der Waals surface area (Å²) in [6.07, 6.45) is 1.28. The third-order valence-electron chi connectivity index (χ3n) is 3.02. The Balaban J connectivity index is 2.12. The molecule has 5 heteroatoms. The molecule has 100 valence electrons. The molecule has 0 bridgehead atoms. The van der Waals surface area contributed by atoms with Gasteiger partial charge >= 0.3 is 0 Å². The van der Waals surface area contributed by atoms with E-state index in [1.54, 1.807) is 12.0 Å². The first-order valence-corrected chi connectivity index (χ1v) is 6.87. The van der Waals surface area contributed by atoms with Crippen molar-refractivity contribution < 1.29 is 14.3 Å². The lowest BCUT2D eigenvalue weighted by atomic mass is 10.1. The molecule has 1 aromatic rings. The van der Waals surface area contributed by atoms with Gasteiger partial charge in [0, 0.05) is 12.3 Å². The largest absolute Gasteiger partial charge is 0.497 e. The van der Waals surface area contributed by atoms with E-state index in [-0.39, 0.29) is 11.0 Å². The van der Waals surface area contributed by atoms with Crippen LogP contribution in [0.5, 0.6) is 5.75 Å². The molecular weight excluding hydrogens is 262 g/mol. The lowest BCUT2D eigenvalue weighted by Crippen LogP contribution is -2.38. The van der Waals surface area contributed by atoms with Gasteiger partial charge in [0.05, 0.1) is 7.11 Å². The van der Waals surface area contributed by atoms with E-state index in [4.69, 9.17) is 4.74 Å². The Hall–Kier alpha value is -1.75. The van der Waals surface area contributed by atoms with Gasteiger partial charge in [0.2, 0.25) is 0 Å². The predicted molar refractivity (Wildman–Crippen MR) is 75.4 cm³/mol. The molecule has 1 aliphatic heterocycles. The van der Waals surface area contributed by atoms with Crippen LogP contribution in [0.1, 0.15) is 5.56 Å². The third-order valence-corrected chi connectivity index (χ3v) is 3.98. The van der Waals surface area contributed by atoms with E-state index in [0.717, 1.165) is 11.3 Å². The predicted octanol–water partition coefficient (Wildman–Crippen LogP) is 2.49. The summed E-state index contributed by atoms with van der Waals surface area (Å²) in [7, 11) is 1.61. The van der Waals surface area contributed by atoms with Gasteiger partial charge < -0.3 is 9.64 Å². The fourth-order valence-electron chi connectivity index (χ4n) is 1.92. The van der Waals surface area contributed by atoms with Gasteiger partial charge in [-0.2, -0.15) is 0 Å². The van der Waals surface area contributed by atoms with Gasteiger partial charge in [-0.3, -0.25) is 9.59 Å².